The Hall–Kier alpha value is -1.49. The van der Waals surface area contributed by atoms with Gasteiger partial charge in [-0.05, 0) is 32.3 Å². The van der Waals surface area contributed by atoms with Crippen LogP contribution in [0, 0.1) is 0 Å². The van der Waals surface area contributed by atoms with Crippen LogP contribution in [0.1, 0.15) is 55.3 Å². The molecule has 0 unspecified atom stereocenters. The molecule has 1 aliphatic heterocycles. The number of carbonyl (C=O) groups excluding carboxylic acids is 1. The van der Waals surface area contributed by atoms with Crippen molar-refractivity contribution in [1.82, 2.24) is 14.9 Å². The van der Waals surface area contributed by atoms with E-state index in [0.717, 1.165) is 25.1 Å². The molecule has 2 aliphatic rings. The van der Waals surface area contributed by atoms with E-state index in [1.165, 1.54) is 0 Å². The summed E-state index contributed by atoms with van der Waals surface area (Å²) in [4.78, 5) is 23.4. The van der Waals surface area contributed by atoms with E-state index in [1.807, 2.05) is 4.90 Å². The monoisotopic (exact) mass is 275 g/mol. The predicted octanol–water partition coefficient (Wildman–Crippen LogP) is 2.00. The summed E-state index contributed by atoms with van der Waals surface area (Å²) in [6, 6.07) is 1.72. The first-order valence-electron chi connectivity index (χ1n) is 7.37. The first-order valence-corrected chi connectivity index (χ1v) is 7.37. The van der Waals surface area contributed by atoms with Gasteiger partial charge in [0.2, 0.25) is 0 Å². The fourth-order valence-electron chi connectivity index (χ4n) is 2.60. The van der Waals surface area contributed by atoms with Crippen molar-refractivity contribution < 1.29 is 9.53 Å². The lowest BCUT2D eigenvalue weighted by Gasteiger charge is -2.44. The molecular weight excluding hydrogens is 254 g/mol. The molecule has 1 aliphatic carbocycles. The van der Waals surface area contributed by atoms with Crippen LogP contribution < -0.4 is 0 Å². The van der Waals surface area contributed by atoms with Crippen molar-refractivity contribution in [1.29, 1.82) is 0 Å². The number of amides is 1. The largest absolute Gasteiger partial charge is 0.377 e. The van der Waals surface area contributed by atoms with Crippen molar-refractivity contribution in [3.63, 3.8) is 0 Å². The predicted molar refractivity (Wildman–Crippen MR) is 74.6 cm³/mol. The molecule has 0 bridgehead atoms. The lowest BCUT2D eigenvalue weighted by atomic mass is 9.95. The third kappa shape index (κ3) is 2.42. The number of morpholine rings is 1. The number of hydrogen-bond acceptors (Lipinski definition) is 4. The normalized spacial score (nSPS) is 26.6. The molecule has 0 aromatic carbocycles. The zero-order valence-electron chi connectivity index (χ0n) is 12.1. The number of aromatic nitrogens is 2. The molecule has 1 saturated carbocycles. The molecule has 2 fully saturated rings. The van der Waals surface area contributed by atoms with Gasteiger partial charge >= 0.3 is 0 Å². The van der Waals surface area contributed by atoms with E-state index >= 15 is 0 Å². The Morgan fingerprint density at radius 1 is 1.55 bits per heavy atom. The molecule has 1 atom stereocenters. The van der Waals surface area contributed by atoms with Crippen LogP contribution in [0.3, 0.4) is 0 Å². The smallest absolute Gasteiger partial charge is 0.273 e. The van der Waals surface area contributed by atoms with Crippen LogP contribution in [0.15, 0.2) is 12.3 Å². The summed E-state index contributed by atoms with van der Waals surface area (Å²) in [5.41, 5.74) is 0.281. The van der Waals surface area contributed by atoms with E-state index in [0.29, 0.717) is 31.4 Å². The highest BCUT2D eigenvalue weighted by atomic mass is 16.5. The van der Waals surface area contributed by atoms with Crippen LogP contribution in [0.2, 0.25) is 0 Å². The Labute approximate surface area is 119 Å². The first-order chi connectivity index (χ1) is 9.64. The minimum absolute atomic E-state index is 0.00181. The molecule has 0 radical (unpaired) electrons. The van der Waals surface area contributed by atoms with Crippen LogP contribution >= 0.6 is 0 Å². The van der Waals surface area contributed by atoms with Gasteiger partial charge in [-0.1, -0.05) is 6.92 Å². The molecule has 5 nitrogen and oxygen atoms in total. The molecule has 1 aromatic heterocycles. The second-order valence-electron chi connectivity index (χ2n) is 5.93. The summed E-state index contributed by atoms with van der Waals surface area (Å²) in [6.07, 6.45) is 4.86. The van der Waals surface area contributed by atoms with Crippen LogP contribution in [-0.4, -0.2) is 46.1 Å². The molecule has 20 heavy (non-hydrogen) atoms. The fraction of sp³-hybridized carbons (Fsp3) is 0.667. The van der Waals surface area contributed by atoms with Crippen LogP contribution in [0.4, 0.5) is 0 Å². The summed E-state index contributed by atoms with van der Waals surface area (Å²) >= 11 is 0. The van der Waals surface area contributed by atoms with Crippen LogP contribution in [0.5, 0.6) is 0 Å². The molecule has 1 saturated heterocycles. The molecule has 2 heterocycles. The lowest BCUT2D eigenvalue weighted by molar-refractivity contribution is -0.0468. The highest BCUT2D eigenvalue weighted by Crippen LogP contribution is 2.37. The Morgan fingerprint density at radius 3 is 3.05 bits per heavy atom. The van der Waals surface area contributed by atoms with Crippen molar-refractivity contribution in [3.8, 4) is 0 Å². The van der Waals surface area contributed by atoms with Gasteiger partial charge in [0.1, 0.15) is 11.5 Å². The summed E-state index contributed by atoms with van der Waals surface area (Å²) in [5.74, 6) is 1.29. The zero-order chi connectivity index (χ0) is 14.2. The zero-order valence-corrected chi connectivity index (χ0v) is 12.1. The Kier molecular flexibility index (Phi) is 3.46. The molecule has 108 valence electrons. The first kappa shape index (κ1) is 13.5. The van der Waals surface area contributed by atoms with Gasteiger partial charge in [0.25, 0.3) is 5.91 Å². The maximum Gasteiger partial charge on any atom is 0.273 e. The average Bonchev–Trinajstić information content (AvgIpc) is 3.32. The van der Waals surface area contributed by atoms with E-state index in [9.17, 15) is 4.79 Å². The number of carbonyl (C=O) groups is 1. The summed E-state index contributed by atoms with van der Waals surface area (Å²) < 4.78 is 5.54. The standard InChI is InChI=1S/C15H21N3O2/c1-3-15(2)10-20-9-8-18(15)14(19)12-6-7-16-13(17-12)11-4-5-11/h6-7,11H,3-5,8-10H2,1-2H3/t15-/m0/s1. The number of nitrogens with zero attached hydrogens (tertiary/aromatic N) is 3. The average molecular weight is 275 g/mol. The second-order valence-corrected chi connectivity index (χ2v) is 5.93. The van der Waals surface area contributed by atoms with Crippen LogP contribution in [0.25, 0.3) is 0 Å². The van der Waals surface area contributed by atoms with Gasteiger partial charge in [-0.15, -0.1) is 0 Å². The fourth-order valence-corrected chi connectivity index (χ4v) is 2.60. The molecule has 3 rings (SSSR count). The SMILES string of the molecule is CC[C@@]1(C)COCCN1C(=O)c1ccnc(C2CC2)n1. The lowest BCUT2D eigenvalue weighted by Crippen LogP contribution is -2.57. The van der Waals surface area contributed by atoms with Gasteiger partial charge in [-0.2, -0.15) is 0 Å². The van der Waals surface area contributed by atoms with E-state index in [-0.39, 0.29) is 11.4 Å². The highest BCUT2D eigenvalue weighted by molar-refractivity contribution is 5.92. The summed E-state index contributed by atoms with van der Waals surface area (Å²) in [6.45, 7) is 5.99. The van der Waals surface area contributed by atoms with E-state index in [4.69, 9.17) is 4.74 Å². The number of hydrogen-bond donors (Lipinski definition) is 0. The quantitative estimate of drug-likeness (QED) is 0.846. The van der Waals surface area contributed by atoms with Gasteiger partial charge in [-0.25, -0.2) is 9.97 Å². The van der Waals surface area contributed by atoms with E-state index in [2.05, 4.69) is 23.8 Å². The number of rotatable bonds is 3. The van der Waals surface area contributed by atoms with Crippen molar-refractivity contribution >= 4 is 5.91 Å². The van der Waals surface area contributed by atoms with Gasteiger partial charge in [0, 0.05) is 18.7 Å². The minimum atomic E-state index is -0.236. The van der Waals surface area contributed by atoms with Crippen molar-refractivity contribution in [2.75, 3.05) is 19.8 Å². The van der Waals surface area contributed by atoms with Gasteiger partial charge in [-0.3, -0.25) is 4.79 Å². The third-order valence-corrected chi connectivity index (χ3v) is 4.37. The Bertz CT molecular complexity index is 516. The second kappa shape index (κ2) is 5.13. The molecule has 1 aromatic rings. The minimum Gasteiger partial charge on any atom is -0.377 e. The maximum absolute atomic E-state index is 12.7. The Morgan fingerprint density at radius 2 is 2.35 bits per heavy atom. The maximum atomic E-state index is 12.7. The van der Waals surface area contributed by atoms with Crippen molar-refractivity contribution in [2.45, 2.75) is 44.6 Å². The van der Waals surface area contributed by atoms with Crippen molar-refractivity contribution in [3.05, 3.63) is 23.8 Å². The number of ether oxygens (including phenoxy) is 1. The topological polar surface area (TPSA) is 55.3 Å². The Balaban J connectivity index is 1.85. The molecular formula is C15H21N3O2. The third-order valence-electron chi connectivity index (χ3n) is 4.37. The van der Waals surface area contributed by atoms with Crippen LogP contribution in [-0.2, 0) is 4.74 Å². The van der Waals surface area contributed by atoms with E-state index < -0.39 is 0 Å². The van der Waals surface area contributed by atoms with Gasteiger partial charge < -0.3 is 9.64 Å². The van der Waals surface area contributed by atoms with Gasteiger partial charge in [0.15, 0.2) is 0 Å². The highest BCUT2D eigenvalue weighted by Gasteiger charge is 2.38. The van der Waals surface area contributed by atoms with E-state index in [1.54, 1.807) is 12.3 Å². The molecule has 0 spiro atoms. The molecule has 5 heteroatoms. The molecule has 0 N–H and O–H groups in total. The van der Waals surface area contributed by atoms with Crippen molar-refractivity contribution in [2.24, 2.45) is 0 Å². The summed E-state index contributed by atoms with van der Waals surface area (Å²) in [7, 11) is 0. The molecule has 1 amide bonds. The van der Waals surface area contributed by atoms with Gasteiger partial charge in [0.05, 0.1) is 18.8 Å². The summed E-state index contributed by atoms with van der Waals surface area (Å²) in [5, 5.41) is 0.